The summed E-state index contributed by atoms with van der Waals surface area (Å²) in [5, 5.41) is 20.7. The number of nitrogens with one attached hydrogen (secondary N) is 1. The van der Waals surface area contributed by atoms with Gasteiger partial charge in [0, 0.05) is 24.4 Å². The molecule has 0 aliphatic carbocycles. The first-order valence-corrected chi connectivity index (χ1v) is 7.14. The van der Waals surface area contributed by atoms with Crippen LogP contribution in [0.3, 0.4) is 0 Å². The van der Waals surface area contributed by atoms with E-state index < -0.39 is 0 Å². The normalized spacial score (nSPS) is 10.8. The molecule has 0 atom stereocenters. The van der Waals surface area contributed by atoms with Crippen LogP contribution in [0.2, 0.25) is 0 Å². The molecule has 1 aromatic carbocycles. The molecular weight excluding hydrogens is 272 g/mol. The van der Waals surface area contributed by atoms with E-state index >= 15 is 0 Å². The smallest absolute Gasteiger partial charge is 0.281 e. The van der Waals surface area contributed by atoms with Crippen LogP contribution in [-0.2, 0) is 6.54 Å². The molecular formula is C14H16N4OS. The third-order valence-electron chi connectivity index (χ3n) is 2.58. The van der Waals surface area contributed by atoms with Gasteiger partial charge in [0.1, 0.15) is 6.07 Å². The fourth-order valence-corrected chi connectivity index (χ4v) is 2.38. The minimum absolute atomic E-state index is 0.413. The maximum Gasteiger partial charge on any atom is 0.281 e. The molecule has 1 heterocycles. The Morgan fingerprint density at radius 1 is 1.40 bits per heavy atom. The highest BCUT2D eigenvalue weighted by molar-refractivity contribution is 7.99. The summed E-state index contributed by atoms with van der Waals surface area (Å²) in [5.41, 5.74) is 1.70. The number of hydrogen-bond donors (Lipinski definition) is 1. The summed E-state index contributed by atoms with van der Waals surface area (Å²) >= 11 is 1.31. The van der Waals surface area contributed by atoms with Gasteiger partial charge in [0.05, 0.1) is 5.56 Å². The molecule has 1 N–H and O–H groups in total. The molecule has 0 unspecified atom stereocenters. The first-order valence-electron chi connectivity index (χ1n) is 6.33. The summed E-state index contributed by atoms with van der Waals surface area (Å²) in [6.07, 6.45) is 0. The second kappa shape index (κ2) is 6.55. The Kier molecular flexibility index (Phi) is 4.77. The Labute approximate surface area is 122 Å². The summed E-state index contributed by atoms with van der Waals surface area (Å²) in [6, 6.07) is 8.43. The van der Waals surface area contributed by atoms with Crippen LogP contribution in [-0.4, -0.2) is 16.2 Å². The van der Waals surface area contributed by atoms with Crippen molar-refractivity contribution >= 4 is 11.8 Å². The summed E-state index contributed by atoms with van der Waals surface area (Å²) in [7, 11) is 0. The molecule has 2 rings (SSSR count). The standard InChI is InChI=1S/C14H16N4OS/c1-9(2)16-8-11-4-5-13(12(6-11)7-15)20-14-18-17-10(3)19-14/h4-6,9,16H,8H2,1-3H3. The van der Waals surface area contributed by atoms with E-state index in [1.165, 1.54) is 11.8 Å². The highest BCUT2D eigenvalue weighted by Gasteiger charge is 2.10. The predicted octanol–water partition coefficient (Wildman–Crippen LogP) is 2.90. The molecule has 0 radical (unpaired) electrons. The number of benzene rings is 1. The first kappa shape index (κ1) is 14.6. The van der Waals surface area contributed by atoms with E-state index in [1.54, 1.807) is 6.92 Å². The van der Waals surface area contributed by atoms with Crippen molar-refractivity contribution in [3.63, 3.8) is 0 Å². The fraction of sp³-hybridized carbons (Fsp3) is 0.357. The molecule has 104 valence electrons. The molecule has 0 amide bonds. The molecule has 0 saturated heterocycles. The Morgan fingerprint density at radius 3 is 2.80 bits per heavy atom. The lowest BCUT2D eigenvalue weighted by atomic mass is 10.1. The van der Waals surface area contributed by atoms with E-state index in [0.717, 1.165) is 17.0 Å². The molecule has 0 saturated carbocycles. The lowest BCUT2D eigenvalue weighted by Crippen LogP contribution is -2.21. The number of nitrogens with zero attached hydrogens (tertiary/aromatic N) is 3. The van der Waals surface area contributed by atoms with Gasteiger partial charge < -0.3 is 9.73 Å². The van der Waals surface area contributed by atoms with Crippen LogP contribution in [0.5, 0.6) is 0 Å². The van der Waals surface area contributed by atoms with E-state index in [9.17, 15) is 5.26 Å². The second-order valence-electron chi connectivity index (χ2n) is 4.67. The maximum atomic E-state index is 9.25. The maximum absolute atomic E-state index is 9.25. The average Bonchev–Trinajstić information content (AvgIpc) is 2.83. The van der Waals surface area contributed by atoms with Gasteiger partial charge in [0.25, 0.3) is 5.22 Å². The molecule has 1 aromatic heterocycles. The minimum atomic E-state index is 0.413. The van der Waals surface area contributed by atoms with E-state index in [0.29, 0.717) is 22.7 Å². The van der Waals surface area contributed by atoms with Crippen LogP contribution in [0.1, 0.15) is 30.9 Å². The van der Waals surface area contributed by atoms with Gasteiger partial charge in [-0.05, 0) is 29.5 Å². The quantitative estimate of drug-likeness (QED) is 0.911. The fourth-order valence-electron chi connectivity index (χ4n) is 1.60. The molecule has 0 aliphatic heterocycles. The van der Waals surface area contributed by atoms with Crippen LogP contribution in [0, 0.1) is 18.3 Å². The SMILES string of the molecule is Cc1nnc(Sc2ccc(CNC(C)C)cc2C#N)o1. The van der Waals surface area contributed by atoms with E-state index in [2.05, 4.69) is 35.4 Å². The van der Waals surface area contributed by atoms with Gasteiger partial charge >= 0.3 is 0 Å². The molecule has 0 bridgehead atoms. The van der Waals surface area contributed by atoms with E-state index in [-0.39, 0.29) is 0 Å². The number of nitriles is 1. The van der Waals surface area contributed by atoms with Gasteiger partial charge in [-0.1, -0.05) is 19.9 Å². The van der Waals surface area contributed by atoms with Crippen molar-refractivity contribution in [1.82, 2.24) is 15.5 Å². The summed E-state index contributed by atoms with van der Waals surface area (Å²) in [4.78, 5) is 0.824. The monoisotopic (exact) mass is 288 g/mol. The lowest BCUT2D eigenvalue weighted by Gasteiger charge is -2.09. The Hall–Kier alpha value is -1.84. The van der Waals surface area contributed by atoms with Crippen LogP contribution >= 0.6 is 11.8 Å². The van der Waals surface area contributed by atoms with Crippen LogP contribution < -0.4 is 5.32 Å². The number of aryl methyl sites for hydroxylation is 1. The van der Waals surface area contributed by atoms with E-state index in [1.807, 2.05) is 18.2 Å². The zero-order valence-electron chi connectivity index (χ0n) is 11.7. The predicted molar refractivity (Wildman–Crippen MR) is 76.3 cm³/mol. The topological polar surface area (TPSA) is 74.7 Å². The van der Waals surface area contributed by atoms with Crippen molar-refractivity contribution < 1.29 is 4.42 Å². The molecule has 20 heavy (non-hydrogen) atoms. The van der Waals surface area contributed by atoms with Gasteiger partial charge in [0.15, 0.2) is 0 Å². The zero-order valence-corrected chi connectivity index (χ0v) is 12.5. The Morgan fingerprint density at radius 2 is 2.20 bits per heavy atom. The first-order chi connectivity index (χ1) is 9.58. The number of aromatic nitrogens is 2. The van der Waals surface area contributed by atoms with Crippen LogP contribution in [0.4, 0.5) is 0 Å². The van der Waals surface area contributed by atoms with Crippen LogP contribution in [0.25, 0.3) is 0 Å². The Balaban J connectivity index is 2.16. The minimum Gasteiger partial charge on any atom is -0.416 e. The van der Waals surface area contributed by atoms with Crippen LogP contribution in [0.15, 0.2) is 32.7 Å². The third kappa shape index (κ3) is 3.83. The third-order valence-corrected chi connectivity index (χ3v) is 3.50. The lowest BCUT2D eigenvalue weighted by molar-refractivity contribution is 0.429. The van der Waals surface area contributed by atoms with Gasteiger partial charge in [-0.2, -0.15) is 5.26 Å². The number of rotatable bonds is 5. The van der Waals surface area contributed by atoms with Crippen molar-refractivity contribution in [2.45, 2.75) is 43.5 Å². The van der Waals surface area contributed by atoms with Crippen molar-refractivity contribution in [1.29, 1.82) is 5.26 Å². The highest BCUT2D eigenvalue weighted by Crippen LogP contribution is 2.29. The largest absolute Gasteiger partial charge is 0.416 e. The molecule has 5 nitrogen and oxygen atoms in total. The summed E-state index contributed by atoms with van der Waals surface area (Å²) in [6.45, 7) is 6.67. The van der Waals surface area contributed by atoms with Gasteiger partial charge in [-0.25, -0.2) is 0 Å². The Bertz CT molecular complexity index is 630. The van der Waals surface area contributed by atoms with Gasteiger partial charge in [-0.15, -0.1) is 10.2 Å². The molecule has 0 aliphatic rings. The zero-order chi connectivity index (χ0) is 14.5. The van der Waals surface area contributed by atoms with Crippen molar-refractivity contribution in [3.05, 3.63) is 35.2 Å². The van der Waals surface area contributed by atoms with Crippen molar-refractivity contribution in [3.8, 4) is 6.07 Å². The van der Waals surface area contributed by atoms with Gasteiger partial charge in [0.2, 0.25) is 5.89 Å². The second-order valence-corrected chi connectivity index (χ2v) is 5.66. The molecule has 2 aromatic rings. The van der Waals surface area contributed by atoms with Gasteiger partial charge in [-0.3, -0.25) is 0 Å². The number of hydrogen-bond acceptors (Lipinski definition) is 6. The van der Waals surface area contributed by atoms with Crippen molar-refractivity contribution in [2.75, 3.05) is 0 Å². The van der Waals surface area contributed by atoms with E-state index in [4.69, 9.17) is 4.42 Å². The van der Waals surface area contributed by atoms with Crippen molar-refractivity contribution in [2.24, 2.45) is 0 Å². The highest BCUT2D eigenvalue weighted by atomic mass is 32.2. The molecule has 0 spiro atoms. The summed E-state index contributed by atoms with van der Waals surface area (Å²) in [5.74, 6) is 0.517. The molecule has 0 fully saturated rings. The molecule has 6 heteroatoms. The summed E-state index contributed by atoms with van der Waals surface area (Å²) < 4.78 is 5.32. The average molecular weight is 288 g/mol.